The molecule has 0 bridgehead atoms. The van der Waals surface area contributed by atoms with E-state index in [1.807, 2.05) is 13.0 Å². The van der Waals surface area contributed by atoms with Crippen molar-refractivity contribution in [2.24, 2.45) is 0 Å². The molecule has 3 nitrogen and oxygen atoms in total. The van der Waals surface area contributed by atoms with Crippen molar-refractivity contribution in [1.82, 2.24) is 15.0 Å². The molecule has 0 saturated carbocycles. The normalized spacial score (nSPS) is 11.1. The summed E-state index contributed by atoms with van der Waals surface area (Å²) in [5, 5.41) is 2.76. The third-order valence-electron chi connectivity index (χ3n) is 2.45. The molecule has 0 N–H and O–H groups in total. The van der Waals surface area contributed by atoms with Crippen molar-refractivity contribution in [2.45, 2.75) is 6.92 Å². The highest BCUT2D eigenvalue weighted by Gasteiger charge is 2.10. The van der Waals surface area contributed by atoms with Gasteiger partial charge in [-0.15, -0.1) is 11.3 Å². The summed E-state index contributed by atoms with van der Waals surface area (Å²) in [6.45, 7) is 1.94. The predicted molar refractivity (Wildman–Crippen MR) is 75.4 cm³/mol. The van der Waals surface area contributed by atoms with Gasteiger partial charge in [-0.05, 0) is 25.1 Å². The molecule has 0 aliphatic heterocycles. The van der Waals surface area contributed by atoms with E-state index in [0.717, 1.165) is 20.8 Å². The van der Waals surface area contributed by atoms with E-state index in [0.29, 0.717) is 16.0 Å². The van der Waals surface area contributed by atoms with Crippen LogP contribution in [0.5, 0.6) is 0 Å². The Morgan fingerprint density at radius 2 is 2.00 bits per heavy atom. The fourth-order valence-electron chi connectivity index (χ4n) is 1.64. The van der Waals surface area contributed by atoms with Crippen LogP contribution in [-0.4, -0.2) is 15.0 Å². The number of aromatic nitrogens is 3. The molecule has 3 aromatic rings. The summed E-state index contributed by atoms with van der Waals surface area (Å²) < 4.78 is 0. The van der Waals surface area contributed by atoms with E-state index in [1.165, 1.54) is 0 Å². The maximum absolute atomic E-state index is 6.17. The van der Waals surface area contributed by atoms with Gasteiger partial charge in [0.25, 0.3) is 0 Å². The number of halogens is 2. The van der Waals surface area contributed by atoms with Gasteiger partial charge in [0.2, 0.25) is 0 Å². The summed E-state index contributed by atoms with van der Waals surface area (Å²) >= 11 is 13.6. The standard InChI is InChI=1S/C12H7Cl2N3S/c1-6-15-5-10(18-6)12-16-9-3-2-7(13)4-8(9)11(14)17-12/h2-5H,1H3. The number of thiazole rings is 1. The monoisotopic (exact) mass is 295 g/mol. The first-order valence-corrected chi connectivity index (χ1v) is 6.76. The Kier molecular flexibility index (Phi) is 2.93. The van der Waals surface area contributed by atoms with Gasteiger partial charge in [-0.25, -0.2) is 15.0 Å². The summed E-state index contributed by atoms with van der Waals surface area (Å²) in [5.41, 5.74) is 0.778. The molecular formula is C12H7Cl2N3S. The smallest absolute Gasteiger partial charge is 0.173 e. The van der Waals surface area contributed by atoms with Crippen LogP contribution in [0.15, 0.2) is 24.4 Å². The molecule has 0 aliphatic carbocycles. The second kappa shape index (κ2) is 4.46. The van der Waals surface area contributed by atoms with E-state index in [4.69, 9.17) is 23.2 Å². The van der Waals surface area contributed by atoms with Crippen molar-refractivity contribution >= 4 is 45.4 Å². The minimum Gasteiger partial charge on any atom is -0.249 e. The third kappa shape index (κ3) is 2.07. The second-order valence-corrected chi connectivity index (χ2v) is 5.77. The van der Waals surface area contributed by atoms with Gasteiger partial charge in [0.1, 0.15) is 5.15 Å². The van der Waals surface area contributed by atoms with Gasteiger partial charge in [-0.3, -0.25) is 0 Å². The number of hydrogen-bond acceptors (Lipinski definition) is 4. The zero-order valence-corrected chi connectivity index (χ0v) is 11.6. The first-order chi connectivity index (χ1) is 8.63. The molecule has 0 aliphatic rings. The Labute approximate surface area is 117 Å². The Bertz CT molecular complexity index is 739. The summed E-state index contributed by atoms with van der Waals surface area (Å²) in [5.74, 6) is 0.598. The summed E-state index contributed by atoms with van der Waals surface area (Å²) in [6, 6.07) is 5.39. The number of rotatable bonds is 1. The highest BCUT2D eigenvalue weighted by Crippen LogP contribution is 2.29. The maximum Gasteiger partial charge on any atom is 0.173 e. The molecule has 0 saturated heterocycles. The molecular weight excluding hydrogens is 289 g/mol. The van der Waals surface area contributed by atoms with E-state index >= 15 is 0 Å². The van der Waals surface area contributed by atoms with E-state index in [2.05, 4.69) is 15.0 Å². The van der Waals surface area contributed by atoms with Crippen molar-refractivity contribution in [2.75, 3.05) is 0 Å². The lowest BCUT2D eigenvalue weighted by atomic mass is 10.2. The van der Waals surface area contributed by atoms with Crippen LogP contribution in [0.25, 0.3) is 21.6 Å². The van der Waals surface area contributed by atoms with E-state index in [9.17, 15) is 0 Å². The predicted octanol–water partition coefficient (Wildman–Crippen LogP) is 4.37. The van der Waals surface area contributed by atoms with Crippen molar-refractivity contribution in [3.8, 4) is 10.7 Å². The van der Waals surface area contributed by atoms with Gasteiger partial charge in [0.15, 0.2) is 5.82 Å². The second-order valence-electron chi connectivity index (χ2n) is 3.74. The van der Waals surface area contributed by atoms with E-state index in [-0.39, 0.29) is 0 Å². The van der Waals surface area contributed by atoms with Crippen LogP contribution >= 0.6 is 34.5 Å². The molecule has 18 heavy (non-hydrogen) atoms. The molecule has 1 aromatic carbocycles. The SMILES string of the molecule is Cc1ncc(-c2nc(Cl)c3cc(Cl)ccc3n2)s1. The van der Waals surface area contributed by atoms with Gasteiger partial charge < -0.3 is 0 Å². The average molecular weight is 296 g/mol. The van der Waals surface area contributed by atoms with Gasteiger partial charge in [0.05, 0.1) is 15.4 Å². The van der Waals surface area contributed by atoms with Crippen LogP contribution in [0.2, 0.25) is 10.2 Å². The molecule has 0 atom stereocenters. The number of fused-ring (bicyclic) bond motifs is 1. The Morgan fingerprint density at radius 1 is 1.17 bits per heavy atom. The lowest BCUT2D eigenvalue weighted by molar-refractivity contribution is 1.23. The highest BCUT2D eigenvalue weighted by atomic mass is 35.5. The molecule has 0 amide bonds. The summed E-state index contributed by atoms with van der Waals surface area (Å²) in [6.07, 6.45) is 1.76. The molecule has 2 heterocycles. The molecule has 3 rings (SSSR count). The zero-order chi connectivity index (χ0) is 12.7. The van der Waals surface area contributed by atoms with Crippen molar-refractivity contribution in [3.63, 3.8) is 0 Å². The fraction of sp³-hybridized carbons (Fsp3) is 0.0833. The first-order valence-electron chi connectivity index (χ1n) is 5.19. The third-order valence-corrected chi connectivity index (χ3v) is 3.88. The van der Waals surface area contributed by atoms with Gasteiger partial charge >= 0.3 is 0 Å². The molecule has 0 unspecified atom stereocenters. The Balaban J connectivity index is 2.24. The maximum atomic E-state index is 6.17. The molecule has 0 spiro atoms. The zero-order valence-electron chi connectivity index (χ0n) is 9.32. The van der Waals surface area contributed by atoms with Crippen molar-refractivity contribution < 1.29 is 0 Å². The highest BCUT2D eigenvalue weighted by molar-refractivity contribution is 7.14. The molecule has 0 radical (unpaired) electrons. The van der Waals surface area contributed by atoms with Crippen molar-refractivity contribution in [1.29, 1.82) is 0 Å². The van der Waals surface area contributed by atoms with Crippen LogP contribution in [0, 0.1) is 6.92 Å². The lowest BCUT2D eigenvalue weighted by Crippen LogP contribution is -1.90. The number of hydrogen-bond donors (Lipinski definition) is 0. The van der Waals surface area contributed by atoms with E-state index < -0.39 is 0 Å². The summed E-state index contributed by atoms with van der Waals surface area (Å²) in [4.78, 5) is 13.9. The first kappa shape index (κ1) is 11.8. The number of benzene rings is 1. The molecule has 0 fully saturated rings. The van der Waals surface area contributed by atoms with Gasteiger partial charge in [-0.1, -0.05) is 23.2 Å². The van der Waals surface area contributed by atoms with Crippen LogP contribution in [0.1, 0.15) is 5.01 Å². The molecule has 6 heteroatoms. The van der Waals surface area contributed by atoms with Gasteiger partial charge in [0, 0.05) is 16.6 Å². The quantitative estimate of drug-likeness (QED) is 0.626. The Morgan fingerprint density at radius 3 is 2.72 bits per heavy atom. The average Bonchev–Trinajstić information content (AvgIpc) is 2.77. The van der Waals surface area contributed by atoms with Crippen LogP contribution in [-0.2, 0) is 0 Å². The topological polar surface area (TPSA) is 38.7 Å². The number of aryl methyl sites for hydroxylation is 1. The van der Waals surface area contributed by atoms with Crippen LogP contribution in [0.4, 0.5) is 0 Å². The lowest BCUT2D eigenvalue weighted by Gasteiger charge is -2.02. The number of nitrogens with zero attached hydrogens (tertiary/aromatic N) is 3. The largest absolute Gasteiger partial charge is 0.249 e. The van der Waals surface area contributed by atoms with Crippen LogP contribution < -0.4 is 0 Å². The minimum atomic E-state index is 0.406. The van der Waals surface area contributed by atoms with Gasteiger partial charge in [-0.2, -0.15) is 0 Å². The van der Waals surface area contributed by atoms with Crippen LogP contribution in [0.3, 0.4) is 0 Å². The van der Waals surface area contributed by atoms with Crippen molar-refractivity contribution in [3.05, 3.63) is 39.6 Å². The fourth-order valence-corrected chi connectivity index (χ4v) is 2.75. The minimum absolute atomic E-state index is 0.406. The Hall–Kier alpha value is -1.23. The van der Waals surface area contributed by atoms with E-state index in [1.54, 1.807) is 29.7 Å². The summed E-state index contributed by atoms with van der Waals surface area (Å²) in [7, 11) is 0. The molecule has 2 aromatic heterocycles. The molecule has 90 valence electrons.